The molecule has 1 aromatic heterocycles. The fourth-order valence-corrected chi connectivity index (χ4v) is 3.26. The first kappa shape index (κ1) is 21.8. The van der Waals surface area contributed by atoms with Gasteiger partial charge in [0.05, 0.1) is 5.56 Å². The minimum absolute atomic E-state index is 0.266. The monoisotopic (exact) mass is 421 g/mol. The number of Topliss-reactive ketones (excluding diaryl/α,β-unsaturated/α-hetero) is 1. The van der Waals surface area contributed by atoms with Gasteiger partial charge in [0.25, 0.3) is 5.56 Å². The summed E-state index contributed by atoms with van der Waals surface area (Å²) in [5, 5.41) is 0. The average Bonchev–Trinajstić information content (AvgIpc) is 2.79. The Bertz CT molecular complexity index is 1240. The molecule has 0 aliphatic carbocycles. The van der Waals surface area contributed by atoms with Crippen LogP contribution in [0.5, 0.6) is 0 Å². The van der Waals surface area contributed by atoms with Crippen LogP contribution < -0.4 is 17.0 Å². The van der Waals surface area contributed by atoms with Gasteiger partial charge in [0, 0.05) is 14.1 Å². The normalized spacial score (nSPS) is 10.6. The maximum atomic E-state index is 12.6. The lowest BCUT2D eigenvalue weighted by atomic mass is 10.00. The molecule has 0 fully saturated rings. The van der Waals surface area contributed by atoms with Gasteiger partial charge < -0.3 is 10.5 Å². The molecule has 0 spiro atoms. The summed E-state index contributed by atoms with van der Waals surface area (Å²) in [6.07, 6.45) is 1.37. The molecule has 3 rings (SSSR count). The molecule has 31 heavy (non-hydrogen) atoms. The zero-order valence-electron chi connectivity index (χ0n) is 17.3. The third-order valence-corrected chi connectivity index (χ3v) is 5.09. The van der Waals surface area contributed by atoms with Crippen molar-refractivity contribution in [2.24, 2.45) is 14.1 Å². The van der Waals surface area contributed by atoms with Gasteiger partial charge in [-0.25, -0.2) is 9.59 Å². The molecule has 3 aromatic rings. The van der Waals surface area contributed by atoms with Crippen molar-refractivity contribution < 1.29 is 14.3 Å². The Hall–Kier alpha value is -3.94. The van der Waals surface area contributed by atoms with Crippen molar-refractivity contribution in [1.82, 2.24) is 9.13 Å². The first-order valence-corrected chi connectivity index (χ1v) is 9.69. The number of aromatic nitrogens is 2. The minimum Gasteiger partial charge on any atom is -0.454 e. The highest BCUT2D eigenvalue weighted by Crippen LogP contribution is 2.14. The predicted molar refractivity (Wildman–Crippen MR) is 116 cm³/mol. The Labute approximate surface area is 178 Å². The maximum Gasteiger partial charge on any atom is 0.338 e. The molecule has 0 bridgehead atoms. The van der Waals surface area contributed by atoms with Gasteiger partial charge in [-0.3, -0.25) is 18.7 Å². The van der Waals surface area contributed by atoms with E-state index in [1.807, 2.05) is 42.5 Å². The Balaban J connectivity index is 1.74. The van der Waals surface area contributed by atoms with E-state index in [9.17, 15) is 19.2 Å². The molecule has 0 unspecified atom stereocenters. The van der Waals surface area contributed by atoms with Gasteiger partial charge in [-0.15, -0.1) is 0 Å². The van der Waals surface area contributed by atoms with Crippen molar-refractivity contribution in [3.8, 4) is 0 Å². The van der Waals surface area contributed by atoms with E-state index >= 15 is 0 Å². The lowest BCUT2D eigenvalue weighted by molar-refractivity contribution is 0.0473. The summed E-state index contributed by atoms with van der Waals surface area (Å²) in [5.74, 6) is -1.71. The summed E-state index contributed by atoms with van der Waals surface area (Å²) < 4.78 is 6.95. The van der Waals surface area contributed by atoms with Crippen molar-refractivity contribution in [2.75, 3.05) is 12.3 Å². The molecule has 0 saturated carbocycles. The van der Waals surface area contributed by atoms with Gasteiger partial charge in [0.1, 0.15) is 11.4 Å². The second-order valence-electron chi connectivity index (χ2n) is 7.11. The first-order valence-electron chi connectivity index (χ1n) is 9.69. The standard InChI is InChI=1S/C23H23N3O5/c1-25-20(24)19(21(28)26(2)23(25)30)18(27)14-31-22(29)17-11-7-6-10-16(17)13-12-15-8-4-3-5-9-15/h3-11H,12-14,24H2,1-2H3. The number of nitrogens with two attached hydrogens (primary N) is 1. The third-order valence-electron chi connectivity index (χ3n) is 5.09. The molecule has 0 saturated heterocycles. The van der Waals surface area contributed by atoms with Crippen LogP contribution in [0, 0.1) is 0 Å². The van der Waals surface area contributed by atoms with Crippen molar-refractivity contribution in [3.05, 3.63) is 97.7 Å². The third kappa shape index (κ3) is 4.63. The van der Waals surface area contributed by atoms with Crippen LogP contribution in [-0.4, -0.2) is 27.5 Å². The summed E-state index contributed by atoms with van der Waals surface area (Å²) in [6.45, 7) is -0.663. The molecule has 8 heteroatoms. The second kappa shape index (κ2) is 9.25. The van der Waals surface area contributed by atoms with Crippen molar-refractivity contribution in [3.63, 3.8) is 0 Å². The molecular weight excluding hydrogens is 398 g/mol. The highest BCUT2D eigenvalue weighted by Gasteiger charge is 2.22. The zero-order chi connectivity index (χ0) is 22.5. The first-order chi connectivity index (χ1) is 14.8. The van der Waals surface area contributed by atoms with Gasteiger partial charge in [-0.2, -0.15) is 0 Å². The lowest BCUT2D eigenvalue weighted by Gasteiger charge is -2.12. The Morgan fingerprint density at radius 1 is 0.903 bits per heavy atom. The van der Waals surface area contributed by atoms with Crippen LogP contribution in [0.4, 0.5) is 5.82 Å². The van der Waals surface area contributed by atoms with Gasteiger partial charge in [-0.1, -0.05) is 48.5 Å². The molecule has 2 aromatic carbocycles. The number of rotatable bonds is 7. The van der Waals surface area contributed by atoms with Gasteiger partial charge in [0.15, 0.2) is 6.61 Å². The van der Waals surface area contributed by atoms with Crippen molar-refractivity contribution >= 4 is 17.6 Å². The Morgan fingerprint density at radius 2 is 1.55 bits per heavy atom. The predicted octanol–water partition coefficient (Wildman–Crippen LogP) is 1.49. The van der Waals surface area contributed by atoms with Crippen LogP contribution in [0.25, 0.3) is 0 Å². The fourth-order valence-electron chi connectivity index (χ4n) is 3.26. The van der Waals surface area contributed by atoms with Gasteiger partial charge in [-0.05, 0) is 30.0 Å². The summed E-state index contributed by atoms with van der Waals surface area (Å²) in [5.41, 5.74) is 6.21. The number of nitrogens with zero attached hydrogens (tertiary/aromatic N) is 2. The number of hydrogen-bond acceptors (Lipinski definition) is 6. The highest BCUT2D eigenvalue weighted by atomic mass is 16.5. The smallest absolute Gasteiger partial charge is 0.338 e. The van der Waals surface area contributed by atoms with Crippen LogP contribution in [-0.2, 0) is 31.7 Å². The minimum atomic E-state index is -0.829. The number of anilines is 1. The number of aryl methyl sites for hydroxylation is 2. The van der Waals surface area contributed by atoms with Crippen molar-refractivity contribution in [2.45, 2.75) is 12.8 Å². The molecule has 0 aliphatic heterocycles. The molecule has 0 amide bonds. The lowest BCUT2D eigenvalue weighted by Crippen LogP contribution is -2.42. The second-order valence-corrected chi connectivity index (χ2v) is 7.11. The van der Waals surface area contributed by atoms with Crippen LogP contribution in [0.15, 0.2) is 64.2 Å². The Morgan fingerprint density at radius 3 is 2.26 bits per heavy atom. The summed E-state index contributed by atoms with van der Waals surface area (Å²) >= 11 is 0. The van der Waals surface area contributed by atoms with Crippen LogP contribution >= 0.6 is 0 Å². The van der Waals surface area contributed by atoms with E-state index in [4.69, 9.17) is 10.5 Å². The SMILES string of the molecule is Cn1c(N)c(C(=O)COC(=O)c2ccccc2CCc2ccccc2)c(=O)n(C)c1=O. The van der Waals surface area contributed by atoms with Gasteiger partial charge >= 0.3 is 11.7 Å². The Kier molecular flexibility index (Phi) is 6.49. The summed E-state index contributed by atoms with van der Waals surface area (Å²) in [4.78, 5) is 49.4. The zero-order valence-corrected chi connectivity index (χ0v) is 17.3. The summed E-state index contributed by atoms with van der Waals surface area (Å²) in [6, 6.07) is 16.9. The van der Waals surface area contributed by atoms with E-state index in [2.05, 4.69) is 0 Å². The molecule has 0 atom stereocenters. The summed E-state index contributed by atoms with van der Waals surface area (Å²) in [7, 11) is 2.60. The number of esters is 1. The van der Waals surface area contributed by atoms with Gasteiger partial charge in [0.2, 0.25) is 5.78 Å². The molecule has 0 aliphatic rings. The number of benzene rings is 2. The number of ketones is 1. The molecule has 160 valence electrons. The van der Waals surface area contributed by atoms with E-state index in [0.29, 0.717) is 12.0 Å². The molecule has 8 nitrogen and oxygen atoms in total. The molecule has 2 N–H and O–H groups in total. The number of carbonyl (C=O) groups is 2. The quantitative estimate of drug-likeness (QED) is 0.457. The van der Waals surface area contributed by atoms with Crippen LogP contribution in [0.1, 0.15) is 31.8 Å². The fraction of sp³-hybridized carbons (Fsp3) is 0.217. The topological polar surface area (TPSA) is 113 Å². The van der Waals surface area contributed by atoms with Crippen LogP contribution in [0.2, 0.25) is 0 Å². The maximum absolute atomic E-state index is 12.6. The highest BCUT2D eigenvalue weighted by molar-refractivity contribution is 6.02. The van der Waals surface area contributed by atoms with E-state index in [1.54, 1.807) is 12.1 Å². The van der Waals surface area contributed by atoms with E-state index in [-0.39, 0.29) is 11.4 Å². The van der Waals surface area contributed by atoms with Crippen LogP contribution in [0.3, 0.4) is 0 Å². The number of nitrogen functional groups attached to an aromatic ring is 1. The number of hydrogen-bond donors (Lipinski definition) is 1. The molecule has 1 heterocycles. The molecule has 0 radical (unpaired) electrons. The average molecular weight is 421 g/mol. The molecular formula is C23H23N3O5. The van der Waals surface area contributed by atoms with E-state index in [1.165, 1.54) is 14.1 Å². The van der Waals surface area contributed by atoms with E-state index < -0.39 is 29.6 Å². The largest absolute Gasteiger partial charge is 0.454 e. The number of carbonyl (C=O) groups excluding carboxylic acids is 2. The van der Waals surface area contributed by atoms with E-state index in [0.717, 1.165) is 26.7 Å². The number of ether oxygens (including phenoxy) is 1. The van der Waals surface area contributed by atoms with Crippen molar-refractivity contribution in [1.29, 1.82) is 0 Å².